The van der Waals surface area contributed by atoms with Gasteiger partial charge in [-0.25, -0.2) is 4.98 Å². The first-order valence-corrected chi connectivity index (χ1v) is 26.7. The van der Waals surface area contributed by atoms with E-state index < -0.39 is 89.2 Å². The molecule has 2 saturated heterocycles. The SMILES string of the molecule is C=CC(C)(C)n1cc(C[C@@H]2NC(=O)C(CC3CCC3)NC(=O)[C@H](CC(C)C)N3CCC[C@@H](C3=O)N(C)C(=O)[C@H](C)NC(=O)[C@H](Cc3ccc4cnc(OC)nc4c3)NC(=O)[C@H](CC(C)C)N(C)C2=O)c2ccccc21. The van der Waals surface area contributed by atoms with Crippen molar-refractivity contribution in [3.63, 3.8) is 0 Å². The molecule has 2 bridgehead atoms. The molecule has 3 aliphatic rings. The lowest BCUT2D eigenvalue weighted by molar-refractivity contribution is -0.153. The largest absolute Gasteiger partial charge is 0.467 e. The number of likely N-dealkylation sites (N-methyl/N-ethyl adjacent to an activating group) is 2. The van der Waals surface area contributed by atoms with E-state index in [0.717, 1.165) is 41.1 Å². The molecule has 7 rings (SSSR count). The van der Waals surface area contributed by atoms with Gasteiger partial charge in [0.1, 0.15) is 42.3 Å². The Hall–Kier alpha value is -6.85. The minimum absolute atomic E-state index is 0.0240. The fraction of sp³-hybridized carbons (Fsp3) is 0.561. The number of carbonyl (C=O) groups excluding carboxylic acids is 7. The number of methoxy groups -OCH3 is 1. The molecule has 1 unspecified atom stereocenters. The van der Waals surface area contributed by atoms with Crippen LogP contribution in [0.5, 0.6) is 6.01 Å². The number of ether oxygens (including phenoxy) is 1. The molecule has 7 atom stereocenters. The van der Waals surface area contributed by atoms with Gasteiger partial charge in [0.2, 0.25) is 41.4 Å². The van der Waals surface area contributed by atoms with Gasteiger partial charge in [0.05, 0.1) is 18.2 Å². The number of piperidine rings is 1. The highest BCUT2D eigenvalue weighted by Crippen LogP contribution is 2.33. The van der Waals surface area contributed by atoms with Crippen LogP contribution in [0.25, 0.3) is 21.8 Å². The van der Waals surface area contributed by atoms with Crippen LogP contribution in [0.1, 0.15) is 111 Å². The van der Waals surface area contributed by atoms with Gasteiger partial charge in [-0.3, -0.25) is 33.6 Å². The number of fused-ring (bicyclic) bond motifs is 4. The number of para-hydroxylation sites is 1. The maximum Gasteiger partial charge on any atom is 0.316 e. The van der Waals surface area contributed by atoms with Crippen LogP contribution in [0, 0.1) is 17.8 Å². The zero-order chi connectivity index (χ0) is 54.5. The number of hydrogen-bond donors (Lipinski definition) is 4. The van der Waals surface area contributed by atoms with Crippen molar-refractivity contribution >= 4 is 63.2 Å². The molecule has 1 saturated carbocycles. The molecule has 7 amide bonds. The van der Waals surface area contributed by atoms with Crippen molar-refractivity contribution in [2.75, 3.05) is 27.7 Å². The second-order valence-corrected chi connectivity index (χ2v) is 22.4. The Labute approximate surface area is 441 Å². The van der Waals surface area contributed by atoms with Gasteiger partial charge >= 0.3 is 6.01 Å². The zero-order valence-electron chi connectivity index (χ0n) is 45.5. The molecule has 18 nitrogen and oxygen atoms in total. The quantitative estimate of drug-likeness (QED) is 0.128. The molecule has 18 heteroatoms. The molecular formula is C57H78N10O8. The van der Waals surface area contributed by atoms with E-state index in [4.69, 9.17) is 4.74 Å². The summed E-state index contributed by atoms with van der Waals surface area (Å²) in [7, 11) is 4.51. The van der Waals surface area contributed by atoms with Crippen molar-refractivity contribution in [2.24, 2.45) is 17.8 Å². The molecule has 0 radical (unpaired) electrons. The summed E-state index contributed by atoms with van der Waals surface area (Å²) in [6, 6.07) is 5.57. The van der Waals surface area contributed by atoms with Crippen LogP contribution in [-0.4, -0.2) is 141 Å². The Morgan fingerprint density at radius 1 is 0.760 bits per heavy atom. The van der Waals surface area contributed by atoms with E-state index in [2.05, 4.69) is 42.4 Å². The first-order chi connectivity index (χ1) is 35.6. The molecule has 3 fully saturated rings. The number of carbonyl (C=O) groups is 7. The molecule has 75 heavy (non-hydrogen) atoms. The van der Waals surface area contributed by atoms with Crippen LogP contribution >= 0.6 is 0 Å². The molecule has 2 aromatic carbocycles. The number of aromatic nitrogens is 3. The Bertz CT molecular complexity index is 2780. The molecule has 0 spiro atoms. The predicted molar refractivity (Wildman–Crippen MR) is 287 cm³/mol. The summed E-state index contributed by atoms with van der Waals surface area (Å²) in [6.07, 6.45) is 9.78. The third-order valence-electron chi connectivity index (χ3n) is 15.4. The van der Waals surface area contributed by atoms with E-state index in [0.29, 0.717) is 36.8 Å². The van der Waals surface area contributed by atoms with Gasteiger partial charge in [-0.1, -0.05) is 83.4 Å². The van der Waals surface area contributed by atoms with Crippen molar-refractivity contribution in [2.45, 2.75) is 161 Å². The number of rotatable bonds is 13. The van der Waals surface area contributed by atoms with Gasteiger partial charge in [-0.15, -0.1) is 6.58 Å². The summed E-state index contributed by atoms with van der Waals surface area (Å²) in [6.45, 7) is 17.7. The standard InChI is InChI=1S/C57H78N10O8/c1-12-57(7,8)67-32-39(40-19-13-14-20-45(40)67)30-44-54(73)65(10)47(25-33(2)3)51(70)60-43(29-37-22-23-38-31-58-56(75-11)63-41(38)28-37)49(68)59-35(6)53(72)64(9)46-21-16-24-66(55(46)74)48(26-34(4)5)52(71)61-42(50(69)62-44)27-36-17-15-18-36/h12-14,19-20,22-23,28,31-36,42-44,46-48H,1,15-18,21,24-27,29-30H2,2-11H3,(H,59,68)(H,60,70)(H,61,71)(H,62,69)/t35-,42?,43-,44-,46-,47-,48-/m0/s1. The average molecular weight is 1030 g/mol. The van der Waals surface area contributed by atoms with Gasteiger partial charge in [0.25, 0.3) is 0 Å². The minimum Gasteiger partial charge on any atom is -0.467 e. The second-order valence-electron chi connectivity index (χ2n) is 22.4. The van der Waals surface area contributed by atoms with Crippen LogP contribution in [0.2, 0.25) is 0 Å². The molecule has 4 aromatic rings. The molecule has 4 N–H and O–H groups in total. The summed E-state index contributed by atoms with van der Waals surface area (Å²) in [4.78, 5) is 117. The molecule has 1 aliphatic carbocycles. The first kappa shape index (κ1) is 55.9. The van der Waals surface area contributed by atoms with E-state index >= 15 is 14.4 Å². The maximum atomic E-state index is 15.5. The van der Waals surface area contributed by atoms with Gasteiger partial charge < -0.3 is 45.3 Å². The number of nitrogens with zero attached hydrogens (tertiary/aromatic N) is 6. The summed E-state index contributed by atoms with van der Waals surface area (Å²) in [5, 5.41) is 13.5. The lowest BCUT2D eigenvalue weighted by atomic mass is 9.80. The van der Waals surface area contributed by atoms with Crippen LogP contribution < -0.4 is 26.0 Å². The Morgan fingerprint density at radius 3 is 2.08 bits per heavy atom. The van der Waals surface area contributed by atoms with E-state index in [1.807, 2.05) is 78.1 Å². The van der Waals surface area contributed by atoms with Gasteiger partial charge in [0.15, 0.2) is 0 Å². The van der Waals surface area contributed by atoms with Crippen LogP contribution in [0.15, 0.2) is 67.5 Å². The topological polar surface area (TPSA) is 217 Å². The lowest BCUT2D eigenvalue weighted by Crippen LogP contribution is -2.62. The second kappa shape index (κ2) is 23.8. The molecular weight excluding hydrogens is 953 g/mol. The molecule has 2 aliphatic heterocycles. The third-order valence-corrected chi connectivity index (χ3v) is 15.4. The fourth-order valence-corrected chi connectivity index (χ4v) is 10.7. The summed E-state index contributed by atoms with van der Waals surface area (Å²) in [5.41, 5.74) is 2.30. The fourth-order valence-electron chi connectivity index (χ4n) is 10.7. The summed E-state index contributed by atoms with van der Waals surface area (Å²) >= 11 is 0. The van der Waals surface area contributed by atoms with Crippen molar-refractivity contribution in [1.82, 2.24) is 50.5 Å². The summed E-state index contributed by atoms with van der Waals surface area (Å²) < 4.78 is 7.36. The average Bonchev–Trinajstić information content (AvgIpc) is 3.74. The van der Waals surface area contributed by atoms with E-state index in [9.17, 15) is 19.2 Å². The van der Waals surface area contributed by atoms with Gasteiger partial charge in [-0.2, -0.15) is 4.98 Å². The molecule has 404 valence electrons. The summed E-state index contributed by atoms with van der Waals surface area (Å²) in [5.74, 6) is -3.87. The zero-order valence-corrected chi connectivity index (χ0v) is 45.5. The highest BCUT2D eigenvalue weighted by atomic mass is 16.5. The minimum atomic E-state index is -1.27. The van der Waals surface area contributed by atoms with Gasteiger partial charge in [-0.05, 0) is 93.9 Å². The Morgan fingerprint density at radius 2 is 1.41 bits per heavy atom. The monoisotopic (exact) mass is 1030 g/mol. The van der Waals surface area contributed by atoms with Crippen molar-refractivity contribution in [1.29, 1.82) is 0 Å². The van der Waals surface area contributed by atoms with Crippen LogP contribution in [0.4, 0.5) is 0 Å². The van der Waals surface area contributed by atoms with E-state index in [-0.39, 0.29) is 49.6 Å². The van der Waals surface area contributed by atoms with E-state index in [1.54, 1.807) is 24.4 Å². The molecule has 2 aromatic heterocycles. The lowest BCUT2D eigenvalue weighted by Gasteiger charge is -2.41. The number of hydrogen-bond acceptors (Lipinski definition) is 10. The predicted octanol–water partition coefficient (Wildman–Crippen LogP) is 5.20. The van der Waals surface area contributed by atoms with Crippen molar-refractivity contribution in [3.05, 3.63) is 78.6 Å². The highest BCUT2D eigenvalue weighted by Gasteiger charge is 2.43. The van der Waals surface area contributed by atoms with Crippen LogP contribution in [0.3, 0.4) is 0 Å². The van der Waals surface area contributed by atoms with Crippen molar-refractivity contribution in [3.8, 4) is 6.01 Å². The Balaban J connectivity index is 1.34. The third kappa shape index (κ3) is 12.8. The van der Waals surface area contributed by atoms with Gasteiger partial charge in [0, 0.05) is 62.2 Å². The normalized spacial score (nSPS) is 24.5. The smallest absolute Gasteiger partial charge is 0.316 e. The van der Waals surface area contributed by atoms with Crippen LogP contribution in [-0.2, 0) is 51.9 Å². The number of allylic oxidation sites excluding steroid dienone is 1. The number of benzene rings is 2. The van der Waals surface area contributed by atoms with Crippen molar-refractivity contribution < 1.29 is 38.3 Å². The number of amides is 7. The number of nitrogens with one attached hydrogen (secondary N) is 4. The Kier molecular flexibility index (Phi) is 17.7. The highest BCUT2D eigenvalue weighted by molar-refractivity contribution is 5.99. The van der Waals surface area contributed by atoms with E-state index in [1.165, 1.54) is 42.8 Å². The maximum absolute atomic E-state index is 15.5. The molecule has 4 heterocycles. The first-order valence-electron chi connectivity index (χ1n) is 26.7.